The highest BCUT2D eigenvalue weighted by Gasteiger charge is 2.11. The molecule has 0 spiro atoms. The molecule has 0 radical (unpaired) electrons. The molecule has 4 nitrogen and oxygen atoms in total. The predicted octanol–water partition coefficient (Wildman–Crippen LogP) is 1.83. The molecule has 0 heterocycles. The van der Waals surface area contributed by atoms with Gasteiger partial charge in [-0.15, -0.1) is 0 Å². The number of methoxy groups -OCH3 is 2. The van der Waals surface area contributed by atoms with Gasteiger partial charge in [-0.25, -0.2) is 0 Å². The molecule has 2 N–H and O–H groups in total. The fourth-order valence-corrected chi connectivity index (χ4v) is 1.74. The van der Waals surface area contributed by atoms with E-state index in [1.54, 1.807) is 14.2 Å². The van der Waals surface area contributed by atoms with Gasteiger partial charge in [0.1, 0.15) is 0 Å². The van der Waals surface area contributed by atoms with Crippen LogP contribution in [-0.2, 0) is 6.54 Å². The molecule has 0 aliphatic heterocycles. The Morgan fingerprint density at radius 1 is 1.35 bits per heavy atom. The fraction of sp³-hybridized carbons (Fsp3) is 0.500. The lowest BCUT2D eigenvalue weighted by atomic mass is 10.2. The van der Waals surface area contributed by atoms with Crippen LogP contribution in [0.5, 0.6) is 11.5 Å². The third-order valence-corrected chi connectivity index (χ3v) is 2.70. The summed E-state index contributed by atoms with van der Waals surface area (Å²) in [7, 11) is 3.12. The number of aliphatic hydroxyl groups is 1. The van der Waals surface area contributed by atoms with Crippen molar-refractivity contribution in [3.63, 3.8) is 0 Å². The van der Waals surface area contributed by atoms with Crippen LogP contribution >= 0.6 is 11.6 Å². The Hall–Kier alpha value is -0.970. The maximum absolute atomic E-state index is 8.92. The molecule has 0 amide bonds. The first-order valence-corrected chi connectivity index (χ1v) is 5.74. The fourth-order valence-electron chi connectivity index (χ4n) is 1.43. The Bertz CT molecular complexity index is 371. The monoisotopic (exact) mass is 259 g/mol. The van der Waals surface area contributed by atoms with Crippen LogP contribution in [0.2, 0.25) is 5.02 Å². The van der Waals surface area contributed by atoms with Gasteiger partial charge < -0.3 is 19.9 Å². The minimum Gasteiger partial charge on any atom is -0.493 e. The molecule has 0 saturated heterocycles. The zero-order valence-corrected chi connectivity index (χ0v) is 11.0. The van der Waals surface area contributed by atoms with Crippen molar-refractivity contribution in [2.75, 3.05) is 20.8 Å². The maximum atomic E-state index is 8.92. The average Bonchev–Trinajstić information content (AvgIpc) is 2.34. The van der Waals surface area contributed by atoms with Crippen molar-refractivity contribution < 1.29 is 14.6 Å². The molecule has 17 heavy (non-hydrogen) atoms. The van der Waals surface area contributed by atoms with E-state index in [-0.39, 0.29) is 12.6 Å². The van der Waals surface area contributed by atoms with Crippen LogP contribution < -0.4 is 14.8 Å². The van der Waals surface area contributed by atoms with E-state index < -0.39 is 0 Å². The third kappa shape index (κ3) is 3.77. The first-order valence-electron chi connectivity index (χ1n) is 5.37. The van der Waals surface area contributed by atoms with Crippen LogP contribution in [0.1, 0.15) is 12.5 Å². The standard InChI is InChI=1S/C12H18ClNO3/c1-8(7-15)14-6-9-4-10(13)12(17-3)11(5-9)16-2/h4-5,8,14-15H,6-7H2,1-3H3. The number of rotatable bonds is 6. The summed E-state index contributed by atoms with van der Waals surface area (Å²) >= 11 is 6.08. The molecule has 0 aliphatic rings. The van der Waals surface area contributed by atoms with Crippen LogP contribution in [0.3, 0.4) is 0 Å². The summed E-state index contributed by atoms with van der Waals surface area (Å²) in [6, 6.07) is 3.73. The lowest BCUT2D eigenvalue weighted by Crippen LogP contribution is -2.28. The lowest BCUT2D eigenvalue weighted by Gasteiger charge is -2.14. The second-order valence-corrected chi connectivity index (χ2v) is 4.18. The van der Waals surface area contributed by atoms with Crippen molar-refractivity contribution in [1.29, 1.82) is 0 Å². The van der Waals surface area contributed by atoms with Crippen LogP contribution in [0, 0.1) is 0 Å². The number of ether oxygens (including phenoxy) is 2. The smallest absolute Gasteiger partial charge is 0.179 e. The summed E-state index contributed by atoms with van der Waals surface area (Å²) in [4.78, 5) is 0. The van der Waals surface area contributed by atoms with Crippen LogP contribution in [0.4, 0.5) is 0 Å². The van der Waals surface area contributed by atoms with E-state index in [0.717, 1.165) is 5.56 Å². The molecule has 1 aromatic rings. The second kappa shape index (κ2) is 6.69. The molecule has 96 valence electrons. The number of benzene rings is 1. The van der Waals surface area contributed by atoms with Gasteiger partial charge in [0.25, 0.3) is 0 Å². The largest absolute Gasteiger partial charge is 0.493 e. The number of nitrogens with one attached hydrogen (secondary N) is 1. The van der Waals surface area contributed by atoms with Crippen LogP contribution in [0.15, 0.2) is 12.1 Å². The maximum Gasteiger partial charge on any atom is 0.179 e. The minimum absolute atomic E-state index is 0.0434. The first-order chi connectivity index (χ1) is 8.12. The molecule has 0 aromatic heterocycles. The topological polar surface area (TPSA) is 50.7 Å². The summed E-state index contributed by atoms with van der Waals surface area (Å²) in [5.41, 5.74) is 0.980. The first kappa shape index (κ1) is 14.1. The summed E-state index contributed by atoms with van der Waals surface area (Å²) in [5, 5.41) is 12.6. The van der Waals surface area contributed by atoms with Gasteiger partial charge in [0, 0.05) is 12.6 Å². The number of hydrogen-bond donors (Lipinski definition) is 2. The molecular weight excluding hydrogens is 242 g/mol. The number of halogens is 1. The van der Waals surface area contributed by atoms with Gasteiger partial charge in [-0.2, -0.15) is 0 Å². The van der Waals surface area contributed by atoms with E-state index in [2.05, 4.69) is 5.32 Å². The highest BCUT2D eigenvalue weighted by atomic mass is 35.5. The van der Waals surface area contributed by atoms with Crippen LogP contribution in [-0.4, -0.2) is 32.0 Å². The van der Waals surface area contributed by atoms with Crippen molar-refractivity contribution in [2.24, 2.45) is 0 Å². The second-order valence-electron chi connectivity index (χ2n) is 3.78. The minimum atomic E-state index is 0.0434. The Morgan fingerprint density at radius 2 is 2.06 bits per heavy atom. The lowest BCUT2D eigenvalue weighted by molar-refractivity contribution is 0.251. The molecule has 1 atom stereocenters. The normalized spacial score (nSPS) is 12.3. The van der Waals surface area contributed by atoms with Crippen molar-refractivity contribution in [1.82, 2.24) is 5.32 Å². The van der Waals surface area contributed by atoms with E-state index in [1.165, 1.54) is 0 Å². The molecule has 0 saturated carbocycles. The Balaban J connectivity index is 2.84. The van der Waals surface area contributed by atoms with Gasteiger partial charge in [0.05, 0.1) is 25.8 Å². The van der Waals surface area contributed by atoms with Crippen LogP contribution in [0.25, 0.3) is 0 Å². The van der Waals surface area contributed by atoms with Gasteiger partial charge in [0.15, 0.2) is 11.5 Å². The Morgan fingerprint density at radius 3 is 2.59 bits per heavy atom. The van der Waals surface area contributed by atoms with Crippen molar-refractivity contribution in [2.45, 2.75) is 19.5 Å². The van der Waals surface area contributed by atoms with Gasteiger partial charge in [0.2, 0.25) is 0 Å². The van der Waals surface area contributed by atoms with E-state index >= 15 is 0 Å². The van der Waals surface area contributed by atoms with Gasteiger partial charge in [-0.1, -0.05) is 11.6 Å². The molecule has 0 fully saturated rings. The third-order valence-electron chi connectivity index (χ3n) is 2.42. The summed E-state index contributed by atoms with van der Waals surface area (Å²) in [6.07, 6.45) is 0. The van der Waals surface area contributed by atoms with Gasteiger partial charge in [-0.3, -0.25) is 0 Å². The van der Waals surface area contributed by atoms with Gasteiger partial charge in [-0.05, 0) is 24.6 Å². The predicted molar refractivity (Wildman–Crippen MR) is 67.9 cm³/mol. The number of aliphatic hydroxyl groups excluding tert-OH is 1. The molecule has 5 heteroatoms. The highest BCUT2D eigenvalue weighted by Crippen LogP contribution is 2.35. The van der Waals surface area contributed by atoms with Gasteiger partial charge >= 0.3 is 0 Å². The van der Waals surface area contributed by atoms with E-state index in [9.17, 15) is 0 Å². The molecule has 1 unspecified atom stereocenters. The van der Waals surface area contributed by atoms with Crippen molar-refractivity contribution in [3.05, 3.63) is 22.7 Å². The molecular formula is C12H18ClNO3. The number of hydrogen-bond acceptors (Lipinski definition) is 4. The molecule has 0 bridgehead atoms. The average molecular weight is 260 g/mol. The molecule has 0 aliphatic carbocycles. The zero-order chi connectivity index (χ0) is 12.8. The summed E-state index contributed by atoms with van der Waals surface area (Å²) in [6.45, 7) is 2.62. The van der Waals surface area contributed by atoms with E-state index in [0.29, 0.717) is 23.1 Å². The zero-order valence-electron chi connectivity index (χ0n) is 10.3. The van der Waals surface area contributed by atoms with Crippen molar-refractivity contribution in [3.8, 4) is 11.5 Å². The summed E-state index contributed by atoms with van der Waals surface area (Å²) in [5.74, 6) is 1.14. The quantitative estimate of drug-likeness (QED) is 0.818. The summed E-state index contributed by atoms with van der Waals surface area (Å²) < 4.78 is 10.4. The molecule has 1 aromatic carbocycles. The van der Waals surface area contributed by atoms with E-state index in [1.807, 2.05) is 19.1 Å². The SMILES string of the molecule is COc1cc(CNC(C)CO)cc(Cl)c1OC. The highest BCUT2D eigenvalue weighted by molar-refractivity contribution is 6.32. The van der Waals surface area contributed by atoms with E-state index in [4.69, 9.17) is 26.2 Å². The molecule has 1 rings (SSSR count). The Labute approximate surface area is 106 Å². The Kier molecular flexibility index (Phi) is 5.55. The van der Waals surface area contributed by atoms with Crippen molar-refractivity contribution >= 4 is 11.6 Å².